The lowest BCUT2D eigenvalue weighted by atomic mass is 10.2. The molecule has 0 aliphatic heterocycles. The van der Waals surface area contributed by atoms with Gasteiger partial charge in [0.15, 0.2) is 12.4 Å². The number of nitrogens with zero attached hydrogens (tertiary/aromatic N) is 2. The number of rotatable bonds is 4. The number of aryl methyl sites for hydroxylation is 1. The maximum Gasteiger partial charge on any atom is 0.246 e. The molecular formula is C16H12N2O3. The molecule has 0 saturated heterocycles. The van der Waals surface area contributed by atoms with Crippen molar-refractivity contribution in [2.45, 2.75) is 0 Å². The number of hydrogen-bond donors (Lipinski definition) is 0. The van der Waals surface area contributed by atoms with E-state index in [0.717, 1.165) is 0 Å². The quantitative estimate of drug-likeness (QED) is 0.689. The molecule has 0 fully saturated rings. The zero-order chi connectivity index (χ0) is 14.8. The number of carbonyl (C=O) groups excluding carboxylic acids is 1. The highest BCUT2D eigenvalue weighted by Crippen LogP contribution is 2.32. The Morgan fingerprint density at radius 2 is 2.19 bits per heavy atom. The van der Waals surface area contributed by atoms with Crippen molar-refractivity contribution in [2.75, 3.05) is 6.61 Å². The molecule has 5 nitrogen and oxygen atoms in total. The van der Waals surface area contributed by atoms with Gasteiger partial charge in [-0.05, 0) is 18.2 Å². The van der Waals surface area contributed by atoms with E-state index in [9.17, 15) is 4.79 Å². The highest BCUT2D eigenvalue weighted by atomic mass is 16.5. The van der Waals surface area contributed by atoms with Gasteiger partial charge in [0.1, 0.15) is 11.7 Å². The molecule has 104 valence electrons. The SMILES string of the molecule is Cn1ccc(C(=O)COc2c(C#N)oc3ccccc23)c1. The maximum atomic E-state index is 12.0. The molecule has 2 heterocycles. The third kappa shape index (κ3) is 2.39. The Morgan fingerprint density at radius 3 is 2.90 bits per heavy atom. The summed E-state index contributed by atoms with van der Waals surface area (Å²) < 4.78 is 12.7. The first-order chi connectivity index (χ1) is 10.2. The predicted octanol–water partition coefficient (Wildman–Crippen LogP) is 2.90. The maximum absolute atomic E-state index is 12.0. The molecule has 0 spiro atoms. The van der Waals surface area contributed by atoms with E-state index in [2.05, 4.69) is 0 Å². The summed E-state index contributed by atoms with van der Waals surface area (Å²) in [5.41, 5.74) is 1.14. The second kappa shape index (κ2) is 5.17. The van der Waals surface area contributed by atoms with Crippen LogP contribution in [-0.4, -0.2) is 17.0 Å². The number of ether oxygens (including phenoxy) is 1. The lowest BCUT2D eigenvalue weighted by Crippen LogP contribution is -2.11. The van der Waals surface area contributed by atoms with Crippen LogP contribution in [0, 0.1) is 11.3 Å². The van der Waals surface area contributed by atoms with Crippen LogP contribution in [-0.2, 0) is 7.05 Å². The van der Waals surface area contributed by atoms with Crippen molar-refractivity contribution >= 4 is 16.8 Å². The van der Waals surface area contributed by atoms with Gasteiger partial charge in [-0.15, -0.1) is 0 Å². The van der Waals surface area contributed by atoms with E-state index in [4.69, 9.17) is 14.4 Å². The van der Waals surface area contributed by atoms with Crippen LogP contribution in [0.4, 0.5) is 0 Å². The van der Waals surface area contributed by atoms with Crippen molar-refractivity contribution in [2.24, 2.45) is 7.05 Å². The highest BCUT2D eigenvalue weighted by molar-refractivity contribution is 5.97. The van der Waals surface area contributed by atoms with Gasteiger partial charge in [0, 0.05) is 25.0 Å². The molecule has 3 aromatic rings. The molecule has 0 aliphatic rings. The lowest BCUT2D eigenvalue weighted by molar-refractivity contribution is 0.0922. The Balaban J connectivity index is 1.85. The number of Topliss-reactive ketones (excluding diaryl/α,β-unsaturated/α-hetero) is 1. The van der Waals surface area contributed by atoms with Crippen molar-refractivity contribution < 1.29 is 13.9 Å². The Morgan fingerprint density at radius 1 is 1.38 bits per heavy atom. The van der Waals surface area contributed by atoms with E-state index in [0.29, 0.717) is 22.3 Å². The fourth-order valence-corrected chi connectivity index (χ4v) is 2.13. The van der Waals surface area contributed by atoms with Gasteiger partial charge in [-0.2, -0.15) is 5.26 Å². The summed E-state index contributed by atoms with van der Waals surface area (Å²) in [6.07, 6.45) is 3.52. The largest absolute Gasteiger partial charge is 0.480 e. The number of para-hydroxylation sites is 1. The fraction of sp³-hybridized carbons (Fsp3) is 0.125. The van der Waals surface area contributed by atoms with Crippen molar-refractivity contribution in [3.63, 3.8) is 0 Å². The molecule has 3 rings (SSSR count). The van der Waals surface area contributed by atoms with Gasteiger partial charge in [-0.1, -0.05) is 12.1 Å². The summed E-state index contributed by atoms with van der Waals surface area (Å²) >= 11 is 0. The minimum atomic E-state index is -0.148. The van der Waals surface area contributed by atoms with E-state index in [1.807, 2.05) is 25.2 Å². The van der Waals surface area contributed by atoms with E-state index < -0.39 is 0 Å². The van der Waals surface area contributed by atoms with E-state index in [1.165, 1.54) is 0 Å². The number of furan rings is 1. The average molecular weight is 280 g/mol. The van der Waals surface area contributed by atoms with Crippen LogP contribution >= 0.6 is 0 Å². The monoisotopic (exact) mass is 280 g/mol. The second-order valence-electron chi connectivity index (χ2n) is 4.65. The Bertz CT molecular complexity index is 852. The van der Waals surface area contributed by atoms with Crippen LogP contribution in [0.15, 0.2) is 47.1 Å². The van der Waals surface area contributed by atoms with Gasteiger partial charge in [0.2, 0.25) is 11.5 Å². The van der Waals surface area contributed by atoms with Gasteiger partial charge in [0.25, 0.3) is 0 Å². The van der Waals surface area contributed by atoms with E-state index >= 15 is 0 Å². The van der Waals surface area contributed by atoms with Crippen LogP contribution in [0.5, 0.6) is 5.75 Å². The summed E-state index contributed by atoms with van der Waals surface area (Å²) in [5.74, 6) is 0.249. The van der Waals surface area contributed by atoms with Crippen LogP contribution in [0.3, 0.4) is 0 Å². The van der Waals surface area contributed by atoms with Crippen molar-refractivity contribution in [3.05, 3.63) is 54.0 Å². The number of ketones is 1. The summed E-state index contributed by atoms with van der Waals surface area (Å²) in [6.45, 7) is -0.137. The Kier molecular flexibility index (Phi) is 3.20. The first kappa shape index (κ1) is 13.0. The third-order valence-corrected chi connectivity index (χ3v) is 3.15. The molecule has 0 radical (unpaired) electrons. The molecule has 0 atom stereocenters. The molecule has 2 aromatic heterocycles. The zero-order valence-electron chi connectivity index (χ0n) is 11.4. The Hall–Kier alpha value is -3.00. The third-order valence-electron chi connectivity index (χ3n) is 3.15. The fourth-order valence-electron chi connectivity index (χ4n) is 2.13. The smallest absolute Gasteiger partial charge is 0.246 e. The van der Waals surface area contributed by atoms with Crippen molar-refractivity contribution in [1.29, 1.82) is 5.26 Å². The van der Waals surface area contributed by atoms with Gasteiger partial charge < -0.3 is 13.7 Å². The molecule has 0 aliphatic carbocycles. The van der Waals surface area contributed by atoms with Gasteiger partial charge >= 0.3 is 0 Å². The summed E-state index contributed by atoms with van der Waals surface area (Å²) in [4.78, 5) is 12.0. The first-order valence-electron chi connectivity index (χ1n) is 6.38. The zero-order valence-corrected chi connectivity index (χ0v) is 11.4. The second-order valence-corrected chi connectivity index (χ2v) is 4.65. The van der Waals surface area contributed by atoms with Crippen LogP contribution in [0.25, 0.3) is 11.0 Å². The van der Waals surface area contributed by atoms with Gasteiger partial charge in [-0.3, -0.25) is 4.79 Å². The minimum Gasteiger partial charge on any atom is -0.480 e. The topological polar surface area (TPSA) is 68.2 Å². The Labute approximate surface area is 121 Å². The molecule has 21 heavy (non-hydrogen) atoms. The molecule has 0 amide bonds. The van der Waals surface area contributed by atoms with Crippen LogP contribution in [0.1, 0.15) is 16.1 Å². The van der Waals surface area contributed by atoms with Crippen LogP contribution in [0.2, 0.25) is 0 Å². The van der Waals surface area contributed by atoms with Crippen molar-refractivity contribution in [3.8, 4) is 11.8 Å². The molecule has 5 heteroatoms. The normalized spacial score (nSPS) is 10.5. The summed E-state index contributed by atoms with van der Waals surface area (Å²) in [7, 11) is 1.84. The number of aromatic nitrogens is 1. The summed E-state index contributed by atoms with van der Waals surface area (Å²) in [6, 6.07) is 10.9. The molecule has 0 saturated carbocycles. The molecule has 0 N–H and O–H groups in total. The number of fused-ring (bicyclic) bond motifs is 1. The molecule has 0 bridgehead atoms. The first-order valence-corrected chi connectivity index (χ1v) is 6.38. The minimum absolute atomic E-state index is 0.0806. The molecule has 1 aromatic carbocycles. The predicted molar refractivity (Wildman–Crippen MR) is 76.2 cm³/mol. The van der Waals surface area contributed by atoms with Crippen LogP contribution < -0.4 is 4.74 Å². The average Bonchev–Trinajstić information content (AvgIpc) is 3.08. The van der Waals surface area contributed by atoms with Gasteiger partial charge in [-0.25, -0.2) is 0 Å². The summed E-state index contributed by atoms with van der Waals surface area (Å²) in [5, 5.41) is 9.78. The molecular weight excluding hydrogens is 268 g/mol. The number of nitriles is 1. The van der Waals surface area contributed by atoms with Gasteiger partial charge in [0.05, 0.1) is 5.39 Å². The number of benzene rings is 1. The van der Waals surface area contributed by atoms with E-state index in [-0.39, 0.29) is 18.2 Å². The number of hydrogen-bond acceptors (Lipinski definition) is 4. The van der Waals surface area contributed by atoms with Crippen molar-refractivity contribution in [1.82, 2.24) is 4.57 Å². The molecule has 0 unspecified atom stereocenters. The standard InChI is InChI=1S/C16H12N2O3/c1-18-7-6-11(9-18)13(19)10-20-16-12-4-2-3-5-14(12)21-15(16)8-17/h2-7,9H,10H2,1H3. The number of carbonyl (C=O) groups is 1. The lowest BCUT2D eigenvalue weighted by Gasteiger charge is -2.02. The highest BCUT2D eigenvalue weighted by Gasteiger charge is 2.17. The van der Waals surface area contributed by atoms with E-state index in [1.54, 1.807) is 35.2 Å².